The van der Waals surface area contributed by atoms with Gasteiger partial charge in [-0.05, 0) is 43.7 Å². The van der Waals surface area contributed by atoms with Crippen molar-refractivity contribution in [2.75, 3.05) is 5.73 Å². The Bertz CT molecular complexity index is 768. The first-order chi connectivity index (χ1) is 12.3. The number of ether oxygens (including phenoxy) is 1. The van der Waals surface area contributed by atoms with Gasteiger partial charge in [0.15, 0.2) is 11.6 Å². The number of carbonyl (C=O) groups excluding carboxylic acids is 1. The van der Waals surface area contributed by atoms with E-state index in [0.29, 0.717) is 23.4 Å². The normalized spacial score (nSPS) is 13.2. The summed E-state index contributed by atoms with van der Waals surface area (Å²) in [4.78, 5) is 11.1. The van der Waals surface area contributed by atoms with E-state index < -0.39 is 11.7 Å². The molecule has 2 atom stereocenters. The van der Waals surface area contributed by atoms with E-state index in [-0.39, 0.29) is 29.3 Å². The zero-order valence-electron chi connectivity index (χ0n) is 14.8. The molecule has 0 aromatic heterocycles. The van der Waals surface area contributed by atoms with Crippen molar-refractivity contribution in [3.63, 3.8) is 0 Å². The molecular weight excluding hydrogens is 357 g/mol. The van der Waals surface area contributed by atoms with Gasteiger partial charge in [0.05, 0.1) is 5.02 Å². The molecule has 0 spiro atoms. The number of carbonyl (C=O) groups is 1. The van der Waals surface area contributed by atoms with Crippen LogP contribution in [0.2, 0.25) is 5.02 Å². The summed E-state index contributed by atoms with van der Waals surface area (Å²) < 4.78 is 20.7. The van der Waals surface area contributed by atoms with Crippen molar-refractivity contribution in [3.05, 3.63) is 52.8 Å². The van der Waals surface area contributed by atoms with Gasteiger partial charge in [-0.3, -0.25) is 4.79 Å². The van der Waals surface area contributed by atoms with Crippen LogP contribution in [0.15, 0.2) is 36.4 Å². The number of halogens is 2. The Labute approximate surface area is 157 Å². The van der Waals surface area contributed by atoms with Crippen LogP contribution in [-0.2, 0) is 4.79 Å². The molecule has 0 unspecified atom stereocenters. The van der Waals surface area contributed by atoms with Gasteiger partial charge in [0.1, 0.15) is 5.75 Å². The fourth-order valence-electron chi connectivity index (χ4n) is 2.70. The monoisotopic (exact) mass is 379 g/mol. The second-order valence-corrected chi connectivity index (χ2v) is 6.56. The molecule has 5 nitrogen and oxygen atoms in total. The average molecular weight is 380 g/mol. The standard InChI is InChI=1S/C19H23ClFN3O2/c1-3-16(24-11(2)10-17(23)25)14-8-9-15(20)19(18(14)21)26-13-6-4-12(22)5-7-13/h4-9,11,16,24H,3,10,22H2,1-2H3,(H2,23,25)/t11-,16+/m0/s1. The zero-order valence-corrected chi connectivity index (χ0v) is 15.5. The van der Waals surface area contributed by atoms with Crippen LogP contribution < -0.4 is 21.5 Å². The average Bonchev–Trinajstić information content (AvgIpc) is 2.58. The van der Waals surface area contributed by atoms with Gasteiger partial charge in [0, 0.05) is 29.8 Å². The van der Waals surface area contributed by atoms with Gasteiger partial charge in [0.2, 0.25) is 5.91 Å². The van der Waals surface area contributed by atoms with Crippen molar-refractivity contribution in [2.45, 2.75) is 38.8 Å². The third kappa shape index (κ3) is 5.09. The lowest BCUT2D eigenvalue weighted by Crippen LogP contribution is -2.34. The summed E-state index contributed by atoms with van der Waals surface area (Å²) in [5, 5.41) is 3.39. The first kappa shape index (κ1) is 20.0. The minimum absolute atomic E-state index is 0.0447. The van der Waals surface area contributed by atoms with E-state index in [1.54, 1.807) is 36.4 Å². The summed E-state index contributed by atoms with van der Waals surface area (Å²) in [6.45, 7) is 3.75. The maximum absolute atomic E-state index is 15.1. The summed E-state index contributed by atoms with van der Waals surface area (Å²) in [5.41, 5.74) is 11.9. The lowest BCUT2D eigenvalue weighted by Gasteiger charge is -2.23. The van der Waals surface area contributed by atoms with Crippen molar-refractivity contribution in [1.82, 2.24) is 5.32 Å². The molecule has 2 rings (SSSR count). The number of nitrogens with one attached hydrogen (secondary N) is 1. The number of nitrogens with two attached hydrogens (primary N) is 2. The predicted molar refractivity (Wildman–Crippen MR) is 102 cm³/mol. The third-order valence-electron chi connectivity index (χ3n) is 3.96. The smallest absolute Gasteiger partial charge is 0.218 e. The molecule has 1 amide bonds. The zero-order chi connectivity index (χ0) is 19.3. The predicted octanol–water partition coefficient (Wildman–Crippen LogP) is 4.16. The molecule has 140 valence electrons. The Morgan fingerprint density at radius 1 is 1.27 bits per heavy atom. The fourth-order valence-corrected chi connectivity index (χ4v) is 2.88. The molecule has 0 fully saturated rings. The minimum atomic E-state index is -0.542. The van der Waals surface area contributed by atoms with Crippen molar-refractivity contribution in [1.29, 1.82) is 0 Å². The molecule has 2 aromatic carbocycles. The quantitative estimate of drug-likeness (QED) is 0.601. The topological polar surface area (TPSA) is 90.4 Å². The Morgan fingerprint density at radius 3 is 2.50 bits per heavy atom. The van der Waals surface area contributed by atoms with Gasteiger partial charge >= 0.3 is 0 Å². The Hall–Kier alpha value is -2.31. The second kappa shape index (κ2) is 8.87. The highest BCUT2D eigenvalue weighted by atomic mass is 35.5. The van der Waals surface area contributed by atoms with Crippen LogP contribution in [0.4, 0.5) is 10.1 Å². The van der Waals surface area contributed by atoms with Gasteiger partial charge in [-0.15, -0.1) is 0 Å². The molecule has 26 heavy (non-hydrogen) atoms. The van der Waals surface area contributed by atoms with Gasteiger partial charge < -0.3 is 21.5 Å². The molecule has 0 aliphatic carbocycles. The van der Waals surface area contributed by atoms with E-state index in [4.69, 9.17) is 27.8 Å². The summed E-state index contributed by atoms with van der Waals surface area (Å²) in [5.74, 6) is -0.569. The molecule has 0 bridgehead atoms. The molecule has 0 aliphatic heterocycles. The maximum atomic E-state index is 15.1. The second-order valence-electron chi connectivity index (χ2n) is 6.15. The van der Waals surface area contributed by atoms with E-state index in [2.05, 4.69) is 5.32 Å². The lowest BCUT2D eigenvalue weighted by molar-refractivity contribution is -0.118. The fraction of sp³-hybridized carbons (Fsp3) is 0.316. The van der Waals surface area contributed by atoms with Gasteiger partial charge in [-0.2, -0.15) is 0 Å². The summed E-state index contributed by atoms with van der Waals surface area (Å²) in [6, 6.07) is 9.32. The highest BCUT2D eigenvalue weighted by molar-refractivity contribution is 6.32. The van der Waals surface area contributed by atoms with E-state index in [1.807, 2.05) is 13.8 Å². The van der Waals surface area contributed by atoms with E-state index >= 15 is 4.39 Å². The van der Waals surface area contributed by atoms with Crippen LogP contribution in [0.25, 0.3) is 0 Å². The molecular formula is C19H23ClFN3O2. The van der Waals surface area contributed by atoms with E-state index in [0.717, 1.165) is 0 Å². The van der Waals surface area contributed by atoms with Crippen LogP contribution in [0.3, 0.4) is 0 Å². The molecule has 5 N–H and O–H groups in total. The molecule has 2 aromatic rings. The van der Waals surface area contributed by atoms with Crippen molar-refractivity contribution >= 4 is 23.2 Å². The van der Waals surface area contributed by atoms with Crippen LogP contribution in [0.1, 0.15) is 38.3 Å². The molecule has 0 radical (unpaired) electrons. The van der Waals surface area contributed by atoms with Crippen LogP contribution >= 0.6 is 11.6 Å². The number of nitrogen functional groups attached to an aromatic ring is 1. The van der Waals surface area contributed by atoms with Crippen LogP contribution in [-0.4, -0.2) is 11.9 Å². The summed E-state index contributed by atoms with van der Waals surface area (Å²) in [6.07, 6.45) is 0.781. The Balaban J connectivity index is 2.28. The van der Waals surface area contributed by atoms with Gasteiger partial charge in [-0.25, -0.2) is 4.39 Å². The number of amides is 1. The first-order valence-electron chi connectivity index (χ1n) is 8.37. The van der Waals surface area contributed by atoms with Gasteiger partial charge in [0.25, 0.3) is 0 Å². The Morgan fingerprint density at radius 2 is 1.92 bits per heavy atom. The van der Waals surface area contributed by atoms with Crippen LogP contribution in [0, 0.1) is 5.82 Å². The molecule has 0 saturated heterocycles. The molecule has 0 saturated carbocycles. The Kier molecular flexibility index (Phi) is 6.83. The van der Waals surface area contributed by atoms with Crippen LogP contribution in [0.5, 0.6) is 11.5 Å². The number of hydrogen-bond acceptors (Lipinski definition) is 4. The minimum Gasteiger partial charge on any atom is -0.453 e. The number of benzene rings is 2. The summed E-state index contributed by atoms with van der Waals surface area (Å²) >= 11 is 6.13. The number of rotatable bonds is 8. The number of hydrogen-bond donors (Lipinski definition) is 3. The molecule has 0 aliphatic rings. The maximum Gasteiger partial charge on any atom is 0.218 e. The van der Waals surface area contributed by atoms with Gasteiger partial charge in [-0.1, -0.05) is 24.6 Å². The van der Waals surface area contributed by atoms with Crippen molar-refractivity contribution < 1.29 is 13.9 Å². The first-order valence-corrected chi connectivity index (χ1v) is 8.75. The number of anilines is 1. The van der Waals surface area contributed by atoms with Crippen molar-refractivity contribution in [2.24, 2.45) is 5.73 Å². The largest absolute Gasteiger partial charge is 0.453 e. The number of primary amides is 1. The molecule has 7 heteroatoms. The van der Waals surface area contributed by atoms with E-state index in [9.17, 15) is 4.79 Å². The lowest BCUT2D eigenvalue weighted by atomic mass is 10.0. The van der Waals surface area contributed by atoms with Crippen molar-refractivity contribution in [3.8, 4) is 11.5 Å². The summed E-state index contributed by atoms with van der Waals surface area (Å²) in [7, 11) is 0. The SMILES string of the molecule is CC[C@@H](N[C@@H](C)CC(N)=O)c1ccc(Cl)c(Oc2ccc(N)cc2)c1F. The van der Waals surface area contributed by atoms with E-state index in [1.165, 1.54) is 0 Å². The third-order valence-corrected chi connectivity index (χ3v) is 4.25. The highest BCUT2D eigenvalue weighted by Gasteiger charge is 2.22. The molecule has 0 heterocycles. The highest BCUT2D eigenvalue weighted by Crippen LogP contribution is 2.36.